The molecule has 0 unspecified atom stereocenters. The monoisotopic (exact) mass is 342 g/mol. The summed E-state index contributed by atoms with van der Waals surface area (Å²) in [4.78, 5) is 35.8. The summed E-state index contributed by atoms with van der Waals surface area (Å²) >= 11 is 0. The molecule has 22 heavy (non-hydrogen) atoms. The van der Waals surface area contributed by atoms with E-state index in [2.05, 4.69) is 6.58 Å². The summed E-state index contributed by atoms with van der Waals surface area (Å²) in [6.45, 7) is 7.22. The third-order valence-corrected chi connectivity index (χ3v) is 0. The molecule has 12 heteroatoms. The van der Waals surface area contributed by atoms with Crippen LogP contribution in [0.5, 0.6) is 0 Å². The molecule has 6 N–H and O–H groups in total. The van der Waals surface area contributed by atoms with Crippen molar-refractivity contribution in [3.8, 4) is 0 Å². The molecule has 0 aromatic carbocycles. The van der Waals surface area contributed by atoms with Gasteiger partial charge in [0.25, 0.3) is 11.9 Å². The van der Waals surface area contributed by atoms with Crippen LogP contribution in [0.1, 0.15) is 27.7 Å². The molecule has 0 aliphatic heterocycles. The topological polar surface area (TPSA) is 207 Å². The Labute approximate surface area is 173 Å². The van der Waals surface area contributed by atoms with Crippen LogP contribution in [-0.4, -0.2) is 34.1 Å². The summed E-state index contributed by atoms with van der Waals surface area (Å²) < 4.78 is 0. The van der Waals surface area contributed by atoms with Gasteiger partial charge in [0.15, 0.2) is 0 Å². The van der Waals surface area contributed by atoms with Crippen LogP contribution in [0.25, 0.3) is 0 Å². The van der Waals surface area contributed by atoms with Crippen LogP contribution >= 0.6 is 0 Å². The number of carboxylic acids is 4. The zero-order valence-electron chi connectivity index (χ0n) is 13.7. The van der Waals surface area contributed by atoms with Gasteiger partial charge in [0.2, 0.25) is 0 Å². The normalized spacial score (nSPS) is 5.64. The predicted octanol–water partition coefficient (Wildman–Crippen LogP) is -8.92. The number of carbonyl (C=O) groups is 4. The third kappa shape index (κ3) is 10500. The second-order valence-electron chi connectivity index (χ2n) is 2.60. The molecular weight excluding hydrogens is 322 g/mol. The van der Waals surface area contributed by atoms with Gasteiger partial charge in [0, 0.05) is 25.8 Å². The maximum atomic E-state index is 9.00. The minimum Gasteiger partial charge on any atom is -0.550 e. The first-order valence-corrected chi connectivity index (χ1v) is 4.60. The molecule has 0 saturated carbocycles. The number of hydrogen-bond donors (Lipinski definition) is 4. The Morgan fingerprint density at radius 3 is 0.773 bits per heavy atom. The van der Waals surface area contributed by atoms with Crippen LogP contribution in [0.4, 0.5) is 0 Å². The molecule has 0 aromatic rings. The Hall–Kier alpha value is -0.780. The maximum Gasteiger partial charge on any atom is 1.00 e. The quantitative estimate of drug-likeness (QED) is 0.305. The fourth-order valence-electron chi connectivity index (χ4n) is 0. The van der Waals surface area contributed by atoms with Crippen molar-refractivity contribution < 1.29 is 98.7 Å². The second kappa shape index (κ2) is 36.9. The summed E-state index contributed by atoms with van der Waals surface area (Å²) in [5, 5.41) is 32.6. The van der Waals surface area contributed by atoms with Gasteiger partial charge >= 0.3 is 59.1 Å². The minimum absolute atomic E-state index is 0. The smallest absolute Gasteiger partial charge is 0.550 e. The summed E-state index contributed by atoms with van der Waals surface area (Å²) in [7, 11) is 0. The van der Waals surface area contributed by atoms with Crippen LogP contribution < -0.4 is 80.8 Å². The molecule has 0 bridgehead atoms. The third-order valence-electron chi connectivity index (χ3n) is 0. The zero-order chi connectivity index (χ0) is 17.9. The maximum absolute atomic E-state index is 9.00. The number of hydrogen-bond acceptors (Lipinski definition) is 8. The van der Waals surface area contributed by atoms with Crippen LogP contribution in [0.2, 0.25) is 0 Å². The first kappa shape index (κ1) is 42.9. The van der Waals surface area contributed by atoms with Crippen LogP contribution in [-0.2, 0) is 19.2 Å². The number of carbonyl (C=O) groups excluding carboxylic acids is 2. The molecule has 0 aliphatic carbocycles. The Bertz CT molecular complexity index is 222. The van der Waals surface area contributed by atoms with E-state index in [4.69, 9.17) is 51.1 Å². The summed E-state index contributed by atoms with van der Waals surface area (Å²) in [6.07, 6.45) is 0. The predicted molar refractivity (Wildman–Crippen MR) is 65.5 cm³/mol. The summed E-state index contributed by atoms with van der Waals surface area (Å²) in [6, 6.07) is 0. The molecule has 0 aromatic heterocycles. The van der Waals surface area contributed by atoms with E-state index < -0.39 is 23.9 Å². The molecule has 0 aliphatic rings. The van der Waals surface area contributed by atoms with Crippen molar-refractivity contribution in [2.24, 2.45) is 11.5 Å². The van der Waals surface area contributed by atoms with E-state index in [1.165, 1.54) is 0 Å². The van der Waals surface area contributed by atoms with E-state index in [1.807, 2.05) is 0 Å². The van der Waals surface area contributed by atoms with Gasteiger partial charge in [-0.1, -0.05) is 6.58 Å². The van der Waals surface area contributed by atoms with Crippen molar-refractivity contribution in [2.45, 2.75) is 27.7 Å². The zero-order valence-corrected chi connectivity index (χ0v) is 17.7. The summed E-state index contributed by atoms with van der Waals surface area (Å²) in [5.74, 6) is -3.67. The SMILES string of the molecule is C=C(N)N.CC(=O)O.CC(=O)O.CC(=O)[O-].CC(=O)[O-].[Na+].[Na+]. The molecule has 0 atom stereocenters. The Kier molecular flexibility index (Phi) is 72.0. The number of aliphatic carboxylic acids is 4. The molecule has 120 valence electrons. The number of carboxylic acid groups (broad SMARTS) is 4. The van der Waals surface area contributed by atoms with Gasteiger partial charge in [-0.25, -0.2) is 0 Å². The van der Waals surface area contributed by atoms with E-state index in [-0.39, 0.29) is 64.9 Å². The van der Waals surface area contributed by atoms with Gasteiger partial charge in [-0.3, -0.25) is 9.59 Å². The Balaban J connectivity index is -0.0000000250. The van der Waals surface area contributed by atoms with Crippen LogP contribution in [0.3, 0.4) is 0 Å². The average molecular weight is 342 g/mol. The second-order valence-corrected chi connectivity index (χ2v) is 2.60. The van der Waals surface area contributed by atoms with Crippen molar-refractivity contribution >= 4 is 23.9 Å². The fraction of sp³-hybridized carbons (Fsp3) is 0.400. The van der Waals surface area contributed by atoms with Crippen LogP contribution in [0, 0.1) is 0 Å². The number of rotatable bonds is 0. The van der Waals surface area contributed by atoms with Crippen molar-refractivity contribution in [1.82, 2.24) is 0 Å². The molecular formula is C10H20N2Na2O8. The molecule has 0 rings (SSSR count). The number of nitrogens with two attached hydrogens (primary N) is 2. The van der Waals surface area contributed by atoms with Gasteiger partial charge in [0.1, 0.15) is 0 Å². The van der Waals surface area contributed by atoms with Gasteiger partial charge in [0.05, 0.1) is 5.82 Å². The Morgan fingerprint density at radius 2 is 0.773 bits per heavy atom. The van der Waals surface area contributed by atoms with Crippen LogP contribution in [0.15, 0.2) is 12.4 Å². The first-order valence-electron chi connectivity index (χ1n) is 4.60. The van der Waals surface area contributed by atoms with E-state index in [0.717, 1.165) is 27.7 Å². The molecule has 0 heterocycles. The van der Waals surface area contributed by atoms with E-state index in [9.17, 15) is 0 Å². The summed E-state index contributed by atoms with van der Waals surface area (Å²) in [5.41, 5.74) is 9.39. The molecule has 0 saturated heterocycles. The molecule has 0 spiro atoms. The van der Waals surface area contributed by atoms with E-state index in [0.29, 0.717) is 0 Å². The van der Waals surface area contributed by atoms with Gasteiger partial charge in [-0.2, -0.15) is 0 Å². The minimum atomic E-state index is -1.08. The van der Waals surface area contributed by atoms with Gasteiger partial charge in [-0.05, 0) is 13.8 Å². The van der Waals surface area contributed by atoms with Crippen molar-refractivity contribution in [3.05, 3.63) is 12.4 Å². The molecule has 10 nitrogen and oxygen atoms in total. The largest absolute Gasteiger partial charge is 1.00 e. The molecule has 0 amide bonds. The van der Waals surface area contributed by atoms with Gasteiger partial charge < -0.3 is 41.5 Å². The van der Waals surface area contributed by atoms with E-state index >= 15 is 0 Å². The average Bonchev–Trinajstić information content (AvgIpc) is 1.94. The molecule has 0 fully saturated rings. The first-order chi connectivity index (χ1) is 8.66. The van der Waals surface area contributed by atoms with Gasteiger partial charge in [-0.15, -0.1) is 0 Å². The van der Waals surface area contributed by atoms with Crippen molar-refractivity contribution in [1.29, 1.82) is 0 Å². The van der Waals surface area contributed by atoms with Crippen molar-refractivity contribution in [3.63, 3.8) is 0 Å². The van der Waals surface area contributed by atoms with Crippen molar-refractivity contribution in [2.75, 3.05) is 0 Å². The fourth-order valence-corrected chi connectivity index (χ4v) is 0. The Morgan fingerprint density at radius 1 is 0.773 bits per heavy atom. The standard InChI is InChI=1S/C2H6N2.4C2H4O2.2Na/c5*1-2(3)4;;/h1,3-4H2;4*1H3,(H,3,4);;/q;;;;;2*+1/p-2. The molecule has 0 radical (unpaired) electrons. The van der Waals surface area contributed by atoms with E-state index in [1.54, 1.807) is 0 Å².